The van der Waals surface area contributed by atoms with Crippen LogP contribution in [0.3, 0.4) is 0 Å². The molecule has 22 heteroatoms. The van der Waals surface area contributed by atoms with Crippen LogP contribution >= 0.6 is 11.6 Å². The number of halogens is 1. The number of amides is 2. The van der Waals surface area contributed by atoms with E-state index in [9.17, 15) is 54.4 Å². The van der Waals surface area contributed by atoms with Gasteiger partial charge in [-0.2, -0.15) is 5.01 Å². The topological polar surface area (TPSA) is 279 Å². The lowest BCUT2D eigenvalue weighted by molar-refractivity contribution is -0.385. The second-order valence-corrected chi connectivity index (χ2v) is 10.6. The first-order chi connectivity index (χ1) is 24.3. The Labute approximate surface area is 289 Å². The third-order valence-corrected chi connectivity index (χ3v) is 7.18. The van der Waals surface area contributed by atoms with Crippen LogP contribution in [0.25, 0.3) is 0 Å². The van der Waals surface area contributed by atoms with E-state index in [1.54, 1.807) is 0 Å². The SMILES string of the molecule is O=NN(CCCl)C(=O)NC1OCC(OC(=O)c2ccc([N+](=O)[O-])cc2)C(OC(=O)c2ccc([N+](=O)[O-])cc2)C1OC(=O)c1ccc([N+](=O)[O-])cc1. The number of alkyl halides is 1. The number of esters is 3. The smallest absolute Gasteiger partial charge is 0.342 e. The molecule has 3 aromatic rings. The number of urea groups is 1. The van der Waals surface area contributed by atoms with Gasteiger partial charge < -0.3 is 24.3 Å². The average molecular weight is 731 g/mol. The number of nitro groups is 3. The van der Waals surface area contributed by atoms with Crippen LogP contribution in [0.15, 0.2) is 78.1 Å². The van der Waals surface area contributed by atoms with Crippen LogP contribution in [0.4, 0.5) is 21.9 Å². The van der Waals surface area contributed by atoms with Crippen molar-refractivity contribution in [1.29, 1.82) is 0 Å². The summed E-state index contributed by atoms with van der Waals surface area (Å²) in [5.74, 6) is -3.69. The number of nitro benzene ring substituents is 3. The summed E-state index contributed by atoms with van der Waals surface area (Å²) in [6.07, 6.45) is -7.10. The Kier molecular flexibility index (Phi) is 12.2. The number of rotatable bonds is 13. The lowest BCUT2D eigenvalue weighted by Crippen LogP contribution is -2.63. The standard InChI is InChI=1S/C29H23ClN6O15/c30-13-14-33(32-41)29(40)31-25-24(51-28(39)18-5-11-21(12-6-18)36(46)47)23(50-27(38)17-3-9-20(10-4-17)35(44)45)22(15-48-25)49-26(37)16-1-7-19(8-2-16)34(42)43/h1-12,22-25H,13-15H2,(H,31,40). The molecule has 4 atom stereocenters. The van der Waals surface area contributed by atoms with Crippen molar-refractivity contribution < 1.29 is 52.9 Å². The number of benzene rings is 3. The lowest BCUT2D eigenvalue weighted by atomic mass is 10.0. The molecule has 1 saturated heterocycles. The van der Waals surface area contributed by atoms with E-state index < -0.39 is 69.9 Å². The third kappa shape index (κ3) is 9.30. The highest BCUT2D eigenvalue weighted by atomic mass is 35.5. The molecule has 266 valence electrons. The average Bonchev–Trinajstić information content (AvgIpc) is 3.12. The summed E-state index contributed by atoms with van der Waals surface area (Å²) in [6.45, 7) is -1.03. The highest BCUT2D eigenvalue weighted by molar-refractivity contribution is 6.18. The Morgan fingerprint density at radius 2 is 1.12 bits per heavy atom. The molecule has 0 radical (unpaired) electrons. The maximum absolute atomic E-state index is 13.4. The van der Waals surface area contributed by atoms with E-state index >= 15 is 0 Å². The predicted octanol–water partition coefficient (Wildman–Crippen LogP) is 3.68. The summed E-state index contributed by atoms with van der Waals surface area (Å²) in [5.41, 5.74) is -1.76. The second-order valence-electron chi connectivity index (χ2n) is 10.2. The third-order valence-electron chi connectivity index (χ3n) is 7.01. The second kappa shape index (κ2) is 16.7. The number of ether oxygens (including phenoxy) is 4. The maximum atomic E-state index is 13.4. The van der Waals surface area contributed by atoms with E-state index in [-0.39, 0.29) is 46.2 Å². The van der Waals surface area contributed by atoms with Gasteiger partial charge in [-0.1, -0.05) is 0 Å². The fraction of sp³-hybridized carbons (Fsp3) is 0.241. The van der Waals surface area contributed by atoms with Crippen LogP contribution in [0.5, 0.6) is 0 Å². The van der Waals surface area contributed by atoms with E-state index in [0.29, 0.717) is 5.01 Å². The van der Waals surface area contributed by atoms with E-state index in [0.717, 1.165) is 72.8 Å². The van der Waals surface area contributed by atoms with E-state index in [1.165, 1.54) is 0 Å². The minimum Gasteiger partial charge on any atom is -0.452 e. The van der Waals surface area contributed by atoms with Crippen LogP contribution in [-0.4, -0.2) is 87.3 Å². The van der Waals surface area contributed by atoms with Crippen LogP contribution in [-0.2, 0) is 18.9 Å². The number of carbonyl (C=O) groups is 4. The molecular weight excluding hydrogens is 708 g/mol. The molecule has 0 spiro atoms. The monoisotopic (exact) mass is 730 g/mol. The Bertz CT molecular complexity index is 1830. The van der Waals surface area contributed by atoms with E-state index in [4.69, 9.17) is 30.5 Å². The maximum Gasteiger partial charge on any atom is 0.342 e. The molecule has 21 nitrogen and oxygen atoms in total. The van der Waals surface area contributed by atoms with Gasteiger partial charge in [0.15, 0.2) is 24.5 Å². The molecule has 1 N–H and O–H groups in total. The van der Waals surface area contributed by atoms with Gasteiger partial charge in [0.1, 0.15) is 0 Å². The summed E-state index contributed by atoms with van der Waals surface area (Å²) in [7, 11) is 0. The normalized spacial score (nSPS) is 18.0. The first-order valence-electron chi connectivity index (χ1n) is 14.3. The van der Waals surface area contributed by atoms with Crippen molar-refractivity contribution >= 4 is 52.6 Å². The van der Waals surface area contributed by atoms with Gasteiger partial charge in [-0.3, -0.25) is 30.3 Å². The number of nitrogens with one attached hydrogen (secondary N) is 1. The van der Waals surface area contributed by atoms with Crippen molar-refractivity contribution in [3.8, 4) is 0 Å². The molecule has 1 fully saturated rings. The largest absolute Gasteiger partial charge is 0.452 e. The molecule has 51 heavy (non-hydrogen) atoms. The quantitative estimate of drug-likeness (QED) is 0.0655. The van der Waals surface area contributed by atoms with Gasteiger partial charge in [-0.25, -0.2) is 19.2 Å². The molecule has 4 unspecified atom stereocenters. The van der Waals surface area contributed by atoms with Crippen LogP contribution in [0.1, 0.15) is 31.1 Å². The van der Waals surface area contributed by atoms with Gasteiger partial charge in [0.2, 0.25) is 0 Å². The molecule has 0 aliphatic carbocycles. The number of nitrogens with zero attached hydrogens (tertiary/aromatic N) is 5. The Morgan fingerprint density at radius 3 is 1.49 bits per heavy atom. The predicted molar refractivity (Wildman–Crippen MR) is 168 cm³/mol. The van der Waals surface area contributed by atoms with Gasteiger partial charge in [-0.05, 0) is 36.4 Å². The molecule has 1 heterocycles. The molecule has 0 bridgehead atoms. The van der Waals surface area contributed by atoms with Crippen LogP contribution < -0.4 is 5.32 Å². The highest BCUT2D eigenvalue weighted by Crippen LogP contribution is 2.27. The first kappa shape index (κ1) is 37.2. The minimum atomic E-state index is -1.90. The molecule has 0 aromatic heterocycles. The van der Waals surface area contributed by atoms with Crippen molar-refractivity contribution in [1.82, 2.24) is 10.3 Å². The summed E-state index contributed by atoms with van der Waals surface area (Å²) >= 11 is 5.63. The number of carbonyl (C=O) groups excluding carboxylic acids is 4. The van der Waals surface area contributed by atoms with Gasteiger partial charge in [0, 0.05) is 42.3 Å². The minimum absolute atomic E-state index is 0.190. The van der Waals surface area contributed by atoms with Crippen molar-refractivity contribution in [3.63, 3.8) is 0 Å². The zero-order valence-electron chi connectivity index (χ0n) is 25.6. The van der Waals surface area contributed by atoms with Crippen molar-refractivity contribution in [2.24, 2.45) is 5.29 Å². The summed E-state index contributed by atoms with van der Waals surface area (Å²) in [6, 6.07) is 11.2. The van der Waals surface area contributed by atoms with Crippen LogP contribution in [0, 0.1) is 35.3 Å². The van der Waals surface area contributed by atoms with Gasteiger partial charge in [0.05, 0.1) is 49.9 Å². The van der Waals surface area contributed by atoms with Gasteiger partial charge >= 0.3 is 23.9 Å². The fourth-order valence-corrected chi connectivity index (χ4v) is 4.63. The molecule has 0 saturated carbocycles. The van der Waals surface area contributed by atoms with E-state index in [2.05, 4.69) is 10.6 Å². The summed E-state index contributed by atoms with van der Waals surface area (Å²) < 4.78 is 22.4. The molecule has 4 rings (SSSR count). The van der Waals surface area contributed by atoms with Crippen molar-refractivity contribution in [2.75, 3.05) is 19.0 Å². The number of nitroso groups, excluding NO2 is 1. The van der Waals surface area contributed by atoms with Crippen LogP contribution in [0.2, 0.25) is 0 Å². The number of non-ortho nitro benzene ring substituents is 3. The molecular formula is C29H23ClN6O15. The van der Waals surface area contributed by atoms with Crippen molar-refractivity contribution in [2.45, 2.75) is 24.5 Å². The summed E-state index contributed by atoms with van der Waals surface area (Å²) in [5, 5.41) is 38.4. The molecule has 1 aliphatic rings. The van der Waals surface area contributed by atoms with E-state index in [1.807, 2.05) is 0 Å². The molecule has 1 aliphatic heterocycles. The Balaban J connectivity index is 1.72. The van der Waals surface area contributed by atoms with Gasteiger partial charge in [-0.15, -0.1) is 16.5 Å². The number of hydrogen-bond donors (Lipinski definition) is 1. The summed E-state index contributed by atoms with van der Waals surface area (Å²) in [4.78, 5) is 95.1. The Hall–Kier alpha value is -6.61. The zero-order valence-corrected chi connectivity index (χ0v) is 26.4. The zero-order chi connectivity index (χ0) is 37.2. The Morgan fingerprint density at radius 1 is 0.725 bits per heavy atom. The molecule has 2 amide bonds. The highest BCUT2D eigenvalue weighted by Gasteiger charge is 2.49. The lowest BCUT2D eigenvalue weighted by Gasteiger charge is -2.41. The van der Waals surface area contributed by atoms with Crippen molar-refractivity contribution in [3.05, 3.63) is 125 Å². The number of hydrogen-bond acceptors (Lipinski definition) is 16. The molecule has 3 aromatic carbocycles. The first-order valence-corrected chi connectivity index (χ1v) is 14.8. The van der Waals surface area contributed by atoms with Gasteiger partial charge in [0.25, 0.3) is 17.1 Å². The fourth-order valence-electron chi connectivity index (χ4n) is 4.47.